The molecule has 0 unspecified atom stereocenters. The zero-order chi connectivity index (χ0) is 21.5. The van der Waals surface area contributed by atoms with Crippen LogP contribution >= 0.6 is 11.3 Å². The summed E-state index contributed by atoms with van der Waals surface area (Å²) in [5.74, 6) is -0.351. The molecule has 0 saturated heterocycles. The Morgan fingerprint density at radius 2 is 1.94 bits per heavy atom. The summed E-state index contributed by atoms with van der Waals surface area (Å²) < 4.78 is 23.4. The van der Waals surface area contributed by atoms with Gasteiger partial charge in [-0.15, -0.1) is 0 Å². The number of benzene rings is 2. The molecular formula is C21H14N2O7S. The maximum atomic E-state index is 12.8. The van der Waals surface area contributed by atoms with Crippen LogP contribution in [0.1, 0.15) is 10.6 Å². The number of amides is 1. The molecule has 9 nitrogen and oxygen atoms in total. The van der Waals surface area contributed by atoms with E-state index < -0.39 is 11.9 Å². The highest BCUT2D eigenvalue weighted by Gasteiger charge is 2.20. The van der Waals surface area contributed by atoms with Crippen LogP contribution < -0.4 is 19.7 Å². The predicted octanol–water partition coefficient (Wildman–Crippen LogP) is 2.45. The zero-order valence-electron chi connectivity index (χ0n) is 16.1. The fourth-order valence-corrected chi connectivity index (χ4v) is 4.28. The first-order chi connectivity index (χ1) is 15.0. The second-order valence-corrected chi connectivity index (χ2v) is 7.62. The lowest BCUT2D eigenvalue weighted by Crippen LogP contribution is -2.22. The number of esters is 1. The molecular weight excluding hydrogens is 424 g/mol. The van der Waals surface area contributed by atoms with Crippen LogP contribution in [0.2, 0.25) is 0 Å². The van der Waals surface area contributed by atoms with Crippen molar-refractivity contribution in [1.82, 2.24) is 4.57 Å². The lowest BCUT2D eigenvalue weighted by atomic mass is 10.2. The summed E-state index contributed by atoms with van der Waals surface area (Å²) in [6, 6.07) is 11.2. The van der Waals surface area contributed by atoms with Gasteiger partial charge < -0.3 is 23.2 Å². The van der Waals surface area contributed by atoms with E-state index in [0.717, 1.165) is 10.8 Å². The van der Waals surface area contributed by atoms with Gasteiger partial charge in [-0.25, -0.2) is 0 Å². The van der Waals surface area contributed by atoms with Crippen molar-refractivity contribution in [2.24, 2.45) is 4.99 Å². The highest BCUT2D eigenvalue weighted by atomic mass is 32.1. The highest BCUT2D eigenvalue weighted by Crippen LogP contribution is 2.37. The Labute approximate surface area is 177 Å². The molecule has 156 valence electrons. The minimum Gasteiger partial charge on any atom is -0.468 e. The number of para-hydroxylation sites is 1. The smallest absolute Gasteiger partial charge is 0.325 e. The fourth-order valence-electron chi connectivity index (χ4n) is 3.24. The Hall–Kier alpha value is -3.92. The van der Waals surface area contributed by atoms with Gasteiger partial charge in [-0.3, -0.25) is 14.4 Å². The number of rotatable bonds is 3. The van der Waals surface area contributed by atoms with Crippen LogP contribution in [0.3, 0.4) is 0 Å². The van der Waals surface area contributed by atoms with Gasteiger partial charge in [0, 0.05) is 18.2 Å². The van der Waals surface area contributed by atoms with Gasteiger partial charge >= 0.3 is 11.9 Å². The lowest BCUT2D eigenvalue weighted by Gasteiger charge is -2.04. The molecule has 1 aliphatic heterocycles. The molecule has 4 aromatic rings. The molecule has 0 aliphatic carbocycles. The van der Waals surface area contributed by atoms with Crippen molar-refractivity contribution in [2.75, 3.05) is 13.9 Å². The van der Waals surface area contributed by atoms with Crippen molar-refractivity contribution in [3.63, 3.8) is 0 Å². The molecule has 1 amide bonds. The number of carbonyl (C=O) groups excluding carboxylic acids is 2. The number of hydrogen-bond acceptors (Lipinski definition) is 8. The van der Waals surface area contributed by atoms with Crippen molar-refractivity contribution in [2.45, 2.75) is 6.54 Å². The van der Waals surface area contributed by atoms with E-state index in [-0.39, 0.29) is 34.9 Å². The van der Waals surface area contributed by atoms with Crippen LogP contribution in [0, 0.1) is 0 Å². The largest absolute Gasteiger partial charge is 0.468 e. The summed E-state index contributed by atoms with van der Waals surface area (Å²) in [5, 5.41) is 0.371. The maximum absolute atomic E-state index is 12.8. The van der Waals surface area contributed by atoms with Gasteiger partial charge in [-0.05, 0) is 12.1 Å². The monoisotopic (exact) mass is 438 g/mol. The van der Waals surface area contributed by atoms with E-state index in [4.69, 9.17) is 18.6 Å². The van der Waals surface area contributed by atoms with Crippen molar-refractivity contribution in [3.05, 3.63) is 63.2 Å². The fraction of sp³-hybridized carbons (Fsp3) is 0.143. The van der Waals surface area contributed by atoms with Crippen molar-refractivity contribution < 1.29 is 28.2 Å². The van der Waals surface area contributed by atoms with Gasteiger partial charge in [0.25, 0.3) is 0 Å². The second-order valence-electron chi connectivity index (χ2n) is 6.61. The number of methoxy groups -OCH3 is 1. The Morgan fingerprint density at radius 1 is 1.16 bits per heavy atom. The topological polar surface area (TPSA) is 109 Å². The summed E-state index contributed by atoms with van der Waals surface area (Å²) in [4.78, 5) is 41.5. The van der Waals surface area contributed by atoms with Gasteiger partial charge in [0.2, 0.25) is 6.79 Å². The molecule has 0 saturated carbocycles. The summed E-state index contributed by atoms with van der Waals surface area (Å²) in [6.07, 6.45) is 0. The molecule has 10 heteroatoms. The van der Waals surface area contributed by atoms with Crippen LogP contribution in [0.5, 0.6) is 11.5 Å². The van der Waals surface area contributed by atoms with Crippen molar-refractivity contribution in [3.8, 4) is 11.5 Å². The number of nitrogens with zero attached hydrogens (tertiary/aromatic N) is 2. The summed E-state index contributed by atoms with van der Waals surface area (Å²) in [6.45, 7) is -0.0513. The standard InChI is InChI=1S/C21H14N2O7S/c1-27-19(25)9-23-12-6-15-16(29-10-28-15)8-18(12)31-21(23)22-20(26)17-7-13(24)11-4-2-3-5-14(11)30-17/h2-8H,9-10H2,1H3. The third kappa shape index (κ3) is 3.36. The number of aromatic nitrogens is 1. The molecule has 31 heavy (non-hydrogen) atoms. The van der Waals surface area contributed by atoms with E-state index >= 15 is 0 Å². The van der Waals surface area contributed by atoms with Crippen LogP contribution in [0.4, 0.5) is 0 Å². The quantitative estimate of drug-likeness (QED) is 0.452. The number of hydrogen-bond donors (Lipinski definition) is 0. The van der Waals surface area contributed by atoms with Gasteiger partial charge in [0.05, 0.1) is 22.7 Å². The molecule has 1 aliphatic rings. The molecule has 0 bridgehead atoms. The van der Waals surface area contributed by atoms with Crippen molar-refractivity contribution in [1.29, 1.82) is 0 Å². The second kappa shape index (κ2) is 7.40. The van der Waals surface area contributed by atoms with E-state index in [1.54, 1.807) is 41.0 Å². The third-order valence-corrected chi connectivity index (χ3v) is 5.78. The predicted molar refractivity (Wildman–Crippen MR) is 110 cm³/mol. The summed E-state index contributed by atoms with van der Waals surface area (Å²) in [5.41, 5.74) is 0.578. The molecule has 3 heterocycles. The molecule has 0 N–H and O–H groups in total. The first kappa shape index (κ1) is 19.1. The first-order valence-corrected chi connectivity index (χ1v) is 9.97. The maximum Gasteiger partial charge on any atom is 0.325 e. The minimum atomic E-state index is -0.743. The zero-order valence-corrected chi connectivity index (χ0v) is 16.9. The first-order valence-electron chi connectivity index (χ1n) is 9.15. The lowest BCUT2D eigenvalue weighted by molar-refractivity contribution is -0.141. The van der Waals surface area contributed by atoms with Crippen LogP contribution in [0.25, 0.3) is 21.2 Å². The molecule has 0 spiro atoms. The van der Waals surface area contributed by atoms with Crippen LogP contribution in [0.15, 0.2) is 56.7 Å². The van der Waals surface area contributed by atoms with Crippen LogP contribution in [-0.2, 0) is 16.1 Å². The van der Waals surface area contributed by atoms with E-state index in [0.29, 0.717) is 22.4 Å². The van der Waals surface area contributed by atoms with Crippen molar-refractivity contribution >= 4 is 44.4 Å². The summed E-state index contributed by atoms with van der Waals surface area (Å²) >= 11 is 1.19. The summed E-state index contributed by atoms with van der Waals surface area (Å²) in [7, 11) is 1.28. The molecule has 5 rings (SSSR count). The van der Waals surface area contributed by atoms with Gasteiger partial charge in [0.1, 0.15) is 12.1 Å². The number of ether oxygens (including phenoxy) is 3. The Kier molecular flexibility index (Phi) is 4.55. The molecule has 0 fully saturated rings. The third-order valence-electron chi connectivity index (χ3n) is 4.73. The number of carbonyl (C=O) groups is 2. The van der Waals surface area contributed by atoms with E-state index in [1.807, 2.05) is 0 Å². The number of fused-ring (bicyclic) bond motifs is 3. The SMILES string of the molecule is COC(=O)Cn1c(=NC(=O)c2cc(=O)c3ccccc3o2)sc2cc3c(cc21)OCO3. The van der Waals surface area contributed by atoms with Gasteiger partial charge in [0.15, 0.2) is 27.5 Å². The normalized spacial score (nSPS) is 13.1. The minimum absolute atomic E-state index is 0.111. The molecule has 0 radical (unpaired) electrons. The Balaban J connectivity index is 1.66. The Morgan fingerprint density at radius 3 is 2.74 bits per heavy atom. The van der Waals surface area contributed by atoms with Gasteiger partial charge in [-0.2, -0.15) is 4.99 Å². The van der Waals surface area contributed by atoms with E-state index in [2.05, 4.69) is 4.99 Å². The average Bonchev–Trinajstić information content (AvgIpc) is 3.36. The molecule has 2 aromatic heterocycles. The van der Waals surface area contributed by atoms with Gasteiger partial charge in [-0.1, -0.05) is 23.5 Å². The Bertz CT molecular complexity index is 1500. The highest BCUT2D eigenvalue weighted by molar-refractivity contribution is 7.16. The average molecular weight is 438 g/mol. The van der Waals surface area contributed by atoms with Crippen LogP contribution in [-0.4, -0.2) is 30.3 Å². The number of thiazole rings is 1. The molecule has 2 aromatic carbocycles. The molecule has 0 atom stereocenters. The van der Waals surface area contributed by atoms with E-state index in [9.17, 15) is 14.4 Å². The van der Waals surface area contributed by atoms with E-state index in [1.165, 1.54) is 18.4 Å².